The standard InChI is InChI=1S/C19H20FN3O3/c20-15-7-13-16(8-17(15)22-6-5-21-4-3-12(22)9-21)23(11-1-2-11)10-14(18(13)24)19(25)26/h7-8,10-12H,1-6,9H2,(H,25,26). The van der Waals surface area contributed by atoms with Gasteiger partial charge in [-0.2, -0.15) is 0 Å². The summed E-state index contributed by atoms with van der Waals surface area (Å²) in [7, 11) is 0. The Morgan fingerprint density at radius 3 is 2.65 bits per heavy atom. The second-order valence-electron chi connectivity index (χ2n) is 7.57. The number of halogens is 1. The minimum atomic E-state index is -1.27. The van der Waals surface area contributed by atoms with Gasteiger partial charge in [0.05, 0.1) is 11.2 Å². The van der Waals surface area contributed by atoms with Crippen molar-refractivity contribution < 1.29 is 14.3 Å². The normalized spacial score (nSPS) is 25.0. The number of nitrogens with zero attached hydrogens (tertiary/aromatic N) is 3. The zero-order valence-corrected chi connectivity index (χ0v) is 14.3. The lowest BCUT2D eigenvalue weighted by Gasteiger charge is -2.36. The molecule has 1 aromatic heterocycles. The Hall–Kier alpha value is -2.41. The summed E-state index contributed by atoms with van der Waals surface area (Å²) in [6, 6.07) is 3.48. The predicted octanol–water partition coefficient (Wildman–Crippen LogP) is 2.07. The predicted molar refractivity (Wildman–Crippen MR) is 95.6 cm³/mol. The molecule has 2 bridgehead atoms. The fraction of sp³-hybridized carbons (Fsp3) is 0.474. The van der Waals surface area contributed by atoms with Gasteiger partial charge in [0.1, 0.15) is 11.4 Å². The molecule has 0 amide bonds. The number of piperazine rings is 1. The largest absolute Gasteiger partial charge is 0.477 e. The van der Waals surface area contributed by atoms with E-state index in [1.54, 1.807) is 6.07 Å². The van der Waals surface area contributed by atoms with Crippen LogP contribution in [0.4, 0.5) is 10.1 Å². The Kier molecular flexibility index (Phi) is 3.37. The van der Waals surface area contributed by atoms with Gasteiger partial charge in [-0.25, -0.2) is 9.18 Å². The molecule has 2 unspecified atom stereocenters. The van der Waals surface area contributed by atoms with Crippen LogP contribution in [0.3, 0.4) is 0 Å². The van der Waals surface area contributed by atoms with Crippen LogP contribution in [0.15, 0.2) is 23.1 Å². The Morgan fingerprint density at radius 1 is 1.12 bits per heavy atom. The molecule has 1 aliphatic carbocycles. The molecule has 1 saturated carbocycles. The minimum absolute atomic E-state index is 0.156. The zero-order chi connectivity index (χ0) is 18.0. The van der Waals surface area contributed by atoms with Crippen molar-refractivity contribution in [3.05, 3.63) is 39.9 Å². The van der Waals surface area contributed by atoms with Crippen molar-refractivity contribution in [3.63, 3.8) is 0 Å². The van der Waals surface area contributed by atoms with E-state index in [1.807, 2.05) is 4.57 Å². The maximum absolute atomic E-state index is 14.9. The van der Waals surface area contributed by atoms with Crippen molar-refractivity contribution in [2.75, 3.05) is 31.1 Å². The quantitative estimate of drug-likeness (QED) is 0.911. The summed E-state index contributed by atoms with van der Waals surface area (Å²) in [5, 5.41) is 9.49. The number of fused-ring (bicyclic) bond motifs is 3. The molecule has 2 aromatic rings. The highest BCUT2D eigenvalue weighted by Crippen LogP contribution is 2.38. The molecule has 2 saturated heterocycles. The van der Waals surface area contributed by atoms with Crippen LogP contribution in [0.5, 0.6) is 0 Å². The number of aromatic carboxylic acids is 1. The SMILES string of the molecule is O=C(O)c1cn(C2CC2)c2cc(N3CCN4CCC3C4)c(F)cc2c1=O. The Balaban J connectivity index is 1.71. The molecule has 5 rings (SSSR count). The van der Waals surface area contributed by atoms with Crippen LogP contribution in [0.25, 0.3) is 10.9 Å². The number of hydrogen-bond acceptors (Lipinski definition) is 4. The molecule has 7 heteroatoms. The van der Waals surface area contributed by atoms with Crippen molar-refractivity contribution >= 4 is 22.6 Å². The van der Waals surface area contributed by atoms with Crippen molar-refractivity contribution in [2.45, 2.75) is 31.3 Å². The minimum Gasteiger partial charge on any atom is -0.477 e. The van der Waals surface area contributed by atoms with Gasteiger partial charge in [0.2, 0.25) is 5.43 Å². The highest BCUT2D eigenvalue weighted by atomic mass is 19.1. The van der Waals surface area contributed by atoms with Crippen molar-refractivity contribution in [3.8, 4) is 0 Å². The second kappa shape index (κ2) is 5.54. The first-order chi connectivity index (χ1) is 12.5. The van der Waals surface area contributed by atoms with Gasteiger partial charge in [0.25, 0.3) is 0 Å². The summed E-state index contributed by atoms with van der Waals surface area (Å²) in [4.78, 5) is 28.5. The van der Waals surface area contributed by atoms with E-state index < -0.39 is 17.2 Å². The lowest BCUT2D eigenvalue weighted by molar-refractivity contribution is 0.0695. The highest BCUT2D eigenvalue weighted by molar-refractivity contribution is 5.93. The number of carboxylic acids is 1. The average Bonchev–Trinajstić information content (AvgIpc) is 3.39. The molecule has 26 heavy (non-hydrogen) atoms. The average molecular weight is 357 g/mol. The van der Waals surface area contributed by atoms with Gasteiger partial charge in [-0.1, -0.05) is 0 Å². The molecule has 1 aromatic carbocycles. The molecule has 136 valence electrons. The number of hydrogen-bond donors (Lipinski definition) is 1. The lowest BCUT2D eigenvalue weighted by atomic mass is 10.1. The van der Waals surface area contributed by atoms with E-state index in [1.165, 1.54) is 12.3 Å². The third-order valence-corrected chi connectivity index (χ3v) is 5.93. The van der Waals surface area contributed by atoms with Crippen LogP contribution < -0.4 is 10.3 Å². The molecule has 3 fully saturated rings. The van der Waals surface area contributed by atoms with Crippen LogP contribution in [-0.4, -0.2) is 52.8 Å². The Bertz CT molecular complexity index is 982. The fourth-order valence-electron chi connectivity index (χ4n) is 4.40. The molecule has 3 aliphatic rings. The molecular weight excluding hydrogens is 337 g/mol. The van der Waals surface area contributed by atoms with E-state index >= 15 is 0 Å². The van der Waals surface area contributed by atoms with E-state index in [9.17, 15) is 19.1 Å². The summed E-state index contributed by atoms with van der Waals surface area (Å²) in [6.45, 7) is 3.69. The summed E-state index contributed by atoms with van der Waals surface area (Å²) < 4.78 is 16.8. The van der Waals surface area contributed by atoms with Crippen LogP contribution in [0.2, 0.25) is 0 Å². The molecule has 2 aliphatic heterocycles. The summed E-state index contributed by atoms with van der Waals surface area (Å²) in [5.41, 5.74) is 0.266. The van der Waals surface area contributed by atoms with Crippen molar-refractivity contribution in [1.29, 1.82) is 0 Å². The fourth-order valence-corrected chi connectivity index (χ4v) is 4.40. The van der Waals surface area contributed by atoms with Gasteiger partial charge in [-0.15, -0.1) is 0 Å². The molecule has 2 atom stereocenters. The van der Waals surface area contributed by atoms with Crippen molar-refractivity contribution in [1.82, 2.24) is 9.47 Å². The zero-order valence-electron chi connectivity index (χ0n) is 14.3. The van der Waals surface area contributed by atoms with Crippen LogP contribution in [-0.2, 0) is 0 Å². The summed E-state index contributed by atoms with van der Waals surface area (Å²) >= 11 is 0. The summed E-state index contributed by atoms with van der Waals surface area (Å²) in [5.74, 6) is -1.71. The number of carbonyl (C=O) groups is 1. The van der Waals surface area contributed by atoms with E-state index in [2.05, 4.69) is 9.80 Å². The number of anilines is 1. The van der Waals surface area contributed by atoms with E-state index in [0.717, 1.165) is 45.4 Å². The first-order valence-electron chi connectivity index (χ1n) is 9.13. The first kappa shape index (κ1) is 15.8. The number of rotatable bonds is 3. The third kappa shape index (κ3) is 2.34. The molecule has 3 heterocycles. The number of pyridine rings is 1. The van der Waals surface area contributed by atoms with Gasteiger partial charge in [0.15, 0.2) is 0 Å². The van der Waals surface area contributed by atoms with Crippen LogP contribution in [0, 0.1) is 5.82 Å². The molecule has 0 spiro atoms. The number of benzene rings is 1. The molecular formula is C19H20FN3O3. The van der Waals surface area contributed by atoms with Gasteiger partial charge in [0, 0.05) is 49.8 Å². The highest BCUT2D eigenvalue weighted by Gasteiger charge is 2.34. The van der Waals surface area contributed by atoms with Gasteiger partial charge >= 0.3 is 5.97 Å². The van der Waals surface area contributed by atoms with E-state index in [4.69, 9.17) is 0 Å². The number of aromatic nitrogens is 1. The first-order valence-corrected chi connectivity index (χ1v) is 9.13. The van der Waals surface area contributed by atoms with E-state index in [0.29, 0.717) is 17.2 Å². The molecule has 1 N–H and O–H groups in total. The maximum atomic E-state index is 14.9. The van der Waals surface area contributed by atoms with Gasteiger partial charge in [-0.05, 0) is 31.4 Å². The summed E-state index contributed by atoms with van der Waals surface area (Å²) in [6.07, 6.45) is 4.35. The lowest BCUT2D eigenvalue weighted by Crippen LogP contribution is -2.47. The molecule has 0 radical (unpaired) electrons. The topological polar surface area (TPSA) is 65.8 Å². The monoisotopic (exact) mass is 357 g/mol. The Labute approximate surface area is 149 Å². The third-order valence-electron chi connectivity index (χ3n) is 5.93. The van der Waals surface area contributed by atoms with Crippen molar-refractivity contribution in [2.24, 2.45) is 0 Å². The second-order valence-corrected chi connectivity index (χ2v) is 7.57. The Morgan fingerprint density at radius 2 is 1.92 bits per heavy atom. The van der Waals surface area contributed by atoms with Gasteiger partial charge < -0.3 is 14.6 Å². The van der Waals surface area contributed by atoms with Crippen LogP contribution >= 0.6 is 0 Å². The molecule has 6 nitrogen and oxygen atoms in total. The van der Waals surface area contributed by atoms with Crippen LogP contribution in [0.1, 0.15) is 35.7 Å². The maximum Gasteiger partial charge on any atom is 0.341 e. The van der Waals surface area contributed by atoms with E-state index in [-0.39, 0.29) is 17.0 Å². The van der Waals surface area contributed by atoms with Gasteiger partial charge in [-0.3, -0.25) is 9.69 Å². The number of carboxylic acid groups (broad SMARTS) is 1. The smallest absolute Gasteiger partial charge is 0.341 e.